The second-order valence-electron chi connectivity index (χ2n) is 5.26. The van der Waals surface area contributed by atoms with Crippen molar-refractivity contribution < 1.29 is 8.76 Å². The first-order chi connectivity index (χ1) is 8.70. The lowest BCUT2D eigenvalue weighted by molar-refractivity contribution is 0.0976. The van der Waals surface area contributed by atoms with E-state index in [1.165, 1.54) is 17.1 Å². The summed E-state index contributed by atoms with van der Waals surface area (Å²) in [7, 11) is 0. The molecule has 0 spiro atoms. The third kappa shape index (κ3) is 3.55. The lowest BCUT2D eigenvalue weighted by atomic mass is 9.92. The predicted molar refractivity (Wildman–Crippen MR) is 71.3 cm³/mol. The normalized spacial score (nSPS) is 26.9. The van der Waals surface area contributed by atoms with E-state index in [4.69, 9.17) is 6.42 Å². The summed E-state index contributed by atoms with van der Waals surface area (Å²) in [4.78, 5) is 2.53. The summed E-state index contributed by atoms with van der Waals surface area (Å²) in [5, 5.41) is 0. The maximum Gasteiger partial charge on any atom is 0.0209 e. The SMILES string of the molecule is C#CCC1CCN(C2CCN(S(=O)[O-])CC2)CC1. The first kappa shape index (κ1) is 14.0. The van der Waals surface area contributed by atoms with Gasteiger partial charge in [-0.3, -0.25) is 4.21 Å². The van der Waals surface area contributed by atoms with E-state index in [9.17, 15) is 8.76 Å². The van der Waals surface area contributed by atoms with Gasteiger partial charge in [0.15, 0.2) is 0 Å². The molecule has 0 aromatic rings. The van der Waals surface area contributed by atoms with E-state index in [-0.39, 0.29) is 0 Å². The van der Waals surface area contributed by atoms with Crippen molar-refractivity contribution in [3.05, 3.63) is 0 Å². The molecule has 2 saturated heterocycles. The Labute approximate surface area is 112 Å². The molecule has 0 amide bonds. The fourth-order valence-electron chi connectivity index (χ4n) is 3.05. The quantitative estimate of drug-likeness (QED) is 0.567. The molecule has 2 aliphatic heterocycles. The lowest BCUT2D eigenvalue weighted by Crippen LogP contribution is -2.47. The van der Waals surface area contributed by atoms with Crippen LogP contribution in [0.2, 0.25) is 0 Å². The Morgan fingerprint density at radius 3 is 2.28 bits per heavy atom. The molecule has 1 atom stereocenters. The second-order valence-corrected chi connectivity index (χ2v) is 6.22. The third-order valence-electron chi connectivity index (χ3n) is 4.21. The Morgan fingerprint density at radius 2 is 1.78 bits per heavy atom. The molecule has 2 fully saturated rings. The summed E-state index contributed by atoms with van der Waals surface area (Å²) in [5.41, 5.74) is 0. The van der Waals surface area contributed by atoms with Crippen molar-refractivity contribution in [1.29, 1.82) is 0 Å². The van der Waals surface area contributed by atoms with Crippen molar-refractivity contribution in [1.82, 2.24) is 9.21 Å². The molecular formula is C13H21N2O2S-. The summed E-state index contributed by atoms with van der Waals surface area (Å²) in [6, 6.07) is 0.566. The minimum absolute atomic E-state index is 0.566. The Kier molecular flexibility index (Phi) is 5.19. The van der Waals surface area contributed by atoms with Crippen LogP contribution < -0.4 is 0 Å². The number of piperidine rings is 2. The van der Waals surface area contributed by atoms with Crippen molar-refractivity contribution in [2.75, 3.05) is 26.2 Å². The van der Waals surface area contributed by atoms with Crippen LogP contribution in [0.3, 0.4) is 0 Å². The van der Waals surface area contributed by atoms with Crippen LogP contribution in [-0.2, 0) is 11.3 Å². The fraction of sp³-hybridized carbons (Fsp3) is 0.846. The van der Waals surface area contributed by atoms with Gasteiger partial charge in [0.2, 0.25) is 0 Å². The summed E-state index contributed by atoms with van der Waals surface area (Å²) in [6.45, 7) is 3.59. The summed E-state index contributed by atoms with van der Waals surface area (Å²) in [6.07, 6.45) is 10.6. The first-order valence-electron chi connectivity index (χ1n) is 6.72. The Bertz CT molecular complexity index is 326. The third-order valence-corrected chi connectivity index (χ3v) is 4.99. The van der Waals surface area contributed by atoms with Crippen LogP contribution in [0.1, 0.15) is 32.1 Å². The van der Waals surface area contributed by atoms with E-state index >= 15 is 0 Å². The molecule has 0 radical (unpaired) electrons. The molecule has 0 aromatic heterocycles. The predicted octanol–water partition coefficient (Wildman–Crippen LogP) is 0.980. The Morgan fingerprint density at radius 1 is 1.17 bits per heavy atom. The highest BCUT2D eigenvalue weighted by Gasteiger charge is 2.28. The average molecular weight is 269 g/mol. The largest absolute Gasteiger partial charge is 0.760 e. The minimum Gasteiger partial charge on any atom is -0.760 e. The number of likely N-dealkylation sites (tertiary alicyclic amines) is 1. The van der Waals surface area contributed by atoms with Crippen molar-refractivity contribution in [3.63, 3.8) is 0 Å². The van der Waals surface area contributed by atoms with Crippen molar-refractivity contribution in [2.45, 2.75) is 38.1 Å². The van der Waals surface area contributed by atoms with Crippen molar-refractivity contribution in [3.8, 4) is 12.3 Å². The highest BCUT2D eigenvalue weighted by atomic mass is 32.2. The smallest absolute Gasteiger partial charge is 0.0209 e. The van der Waals surface area contributed by atoms with Crippen LogP contribution in [-0.4, -0.2) is 50.2 Å². The molecule has 2 aliphatic rings. The van der Waals surface area contributed by atoms with Crippen LogP contribution in [0.5, 0.6) is 0 Å². The number of nitrogens with zero attached hydrogens (tertiary/aromatic N) is 2. The topological polar surface area (TPSA) is 46.6 Å². The van der Waals surface area contributed by atoms with Gasteiger partial charge in [-0.15, -0.1) is 12.3 Å². The standard InChI is InChI=1S/C13H22N2O2S/c1-2-3-12-4-8-14(9-5-12)13-6-10-15(11-7-13)18(16)17/h1,12-13H,3-11H2,(H,16,17)/p-1. The van der Waals surface area contributed by atoms with E-state index < -0.39 is 11.3 Å². The Hall–Kier alpha value is -0.410. The van der Waals surface area contributed by atoms with E-state index in [1.54, 1.807) is 0 Å². The van der Waals surface area contributed by atoms with Gasteiger partial charge in [0.25, 0.3) is 0 Å². The van der Waals surface area contributed by atoms with Gasteiger partial charge in [-0.2, -0.15) is 0 Å². The fourth-order valence-corrected chi connectivity index (χ4v) is 3.55. The molecule has 2 rings (SSSR count). The molecule has 0 aromatic carbocycles. The van der Waals surface area contributed by atoms with Crippen molar-refractivity contribution >= 4 is 11.3 Å². The molecule has 0 aliphatic carbocycles. The van der Waals surface area contributed by atoms with E-state index in [0.717, 1.165) is 32.4 Å². The van der Waals surface area contributed by atoms with E-state index in [0.29, 0.717) is 25.0 Å². The van der Waals surface area contributed by atoms with Gasteiger partial charge in [-0.05, 0) is 44.7 Å². The molecular weight excluding hydrogens is 248 g/mol. The van der Waals surface area contributed by atoms with Crippen LogP contribution in [0.4, 0.5) is 0 Å². The molecule has 4 nitrogen and oxygen atoms in total. The van der Waals surface area contributed by atoms with Gasteiger partial charge in [0.1, 0.15) is 0 Å². The van der Waals surface area contributed by atoms with Gasteiger partial charge in [0.05, 0.1) is 0 Å². The van der Waals surface area contributed by atoms with Crippen LogP contribution in [0.25, 0.3) is 0 Å². The van der Waals surface area contributed by atoms with E-state index in [2.05, 4.69) is 10.8 Å². The first-order valence-corrected chi connectivity index (χ1v) is 7.75. The average Bonchev–Trinajstić information content (AvgIpc) is 2.40. The second kappa shape index (κ2) is 6.67. The summed E-state index contributed by atoms with van der Waals surface area (Å²) in [5.74, 6) is 3.45. The number of hydrogen-bond donors (Lipinski definition) is 0. The minimum atomic E-state index is -2.04. The number of rotatable bonds is 3. The van der Waals surface area contributed by atoms with Crippen LogP contribution in [0.15, 0.2) is 0 Å². The van der Waals surface area contributed by atoms with Gasteiger partial charge in [0, 0.05) is 36.8 Å². The molecule has 0 bridgehead atoms. The molecule has 0 N–H and O–H groups in total. The summed E-state index contributed by atoms with van der Waals surface area (Å²) < 4.78 is 23.2. The Balaban J connectivity index is 1.75. The molecule has 5 heteroatoms. The highest BCUT2D eigenvalue weighted by molar-refractivity contribution is 7.76. The van der Waals surface area contributed by atoms with Gasteiger partial charge in [-0.1, -0.05) is 0 Å². The summed E-state index contributed by atoms with van der Waals surface area (Å²) >= 11 is -2.04. The number of hydrogen-bond acceptors (Lipinski definition) is 3. The highest BCUT2D eigenvalue weighted by Crippen LogP contribution is 2.25. The van der Waals surface area contributed by atoms with Crippen LogP contribution in [0, 0.1) is 18.3 Å². The number of terminal acetylenes is 1. The lowest BCUT2D eigenvalue weighted by Gasteiger charge is -2.41. The maximum absolute atomic E-state index is 10.8. The zero-order chi connectivity index (χ0) is 13.0. The van der Waals surface area contributed by atoms with Gasteiger partial charge < -0.3 is 9.45 Å². The van der Waals surface area contributed by atoms with Gasteiger partial charge >= 0.3 is 0 Å². The zero-order valence-corrected chi connectivity index (χ0v) is 11.5. The molecule has 0 saturated carbocycles. The van der Waals surface area contributed by atoms with Gasteiger partial charge in [-0.25, -0.2) is 4.31 Å². The van der Waals surface area contributed by atoms with Crippen LogP contribution >= 0.6 is 0 Å². The monoisotopic (exact) mass is 269 g/mol. The van der Waals surface area contributed by atoms with E-state index in [1.807, 2.05) is 0 Å². The molecule has 18 heavy (non-hydrogen) atoms. The van der Waals surface area contributed by atoms with Crippen molar-refractivity contribution in [2.24, 2.45) is 5.92 Å². The molecule has 1 unspecified atom stereocenters. The molecule has 102 valence electrons. The molecule has 2 heterocycles. The maximum atomic E-state index is 10.8. The zero-order valence-electron chi connectivity index (χ0n) is 10.7.